The smallest absolute Gasteiger partial charge is 0.339 e. The molecule has 1 aliphatic rings. The van der Waals surface area contributed by atoms with Gasteiger partial charge in [0.1, 0.15) is 11.1 Å². The molecule has 0 unspecified atom stereocenters. The molecule has 18 heavy (non-hydrogen) atoms. The fourth-order valence-corrected chi connectivity index (χ4v) is 2.25. The highest BCUT2D eigenvalue weighted by atomic mass is 16.5. The lowest BCUT2D eigenvalue weighted by molar-refractivity contribution is 0.0696. The van der Waals surface area contributed by atoms with E-state index in [2.05, 4.69) is 4.98 Å². The summed E-state index contributed by atoms with van der Waals surface area (Å²) in [6.07, 6.45) is 1.74. The number of aromatic carboxylic acids is 1. The predicted octanol–water partition coefficient (Wildman–Crippen LogP) is 2.42. The molecule has 94 valence electrons. The van der Waals surface area contributed by atoms with Gasteiger partial charge in [0, 0.05) is 19.1 Å². The van der Waals surface area contributed by atoms with Crippen LogP contribution >= 0.6 is 0 Å². The molecule has 2 aromatic rings. The number of ether oxygens (including phenoxy) is 1. The van der Waals surface area contributed by atoms with Crippen LogP contribution in [0.1, 0.15) is 35.0 Å². The zero-order chi connectivity index (χ0) is 12.5. The van der Waals surface area contributed by atoms with Crippen LogP contribution < -0.4 is 0 Å². The number of carbonyl (C=O) groups is 1. The zero-order valence-corrected chi connectivity index (χ0v) is 9.76. The number of rotatable bonds is 2. The Bertz CT molecular complexity index is 584. The largest absolute Gasteiger partial charge is 0.478 e. The van der Waals surface area contributed by atoms with Gasteiger partial charge in [-0.2, -0.15) is 0 Å². The molecular weight excluding hydrogens is 234 g/mol. The van der Waals surface area contributed by atoms with E-state index in [1.165, 1.54) is 6.07 Å². The molecule has 0 spiro atoms. The van der Waals surface area contributed by atoms with Gasteiger partial charge in [-0.1, -0.05) is 6.07 Å². The van der Waals surface area contributed by atoms with Gasteiger partial charge in [-0.3, -0.25) is 0 Å². The number of para-hydroxylation sites is 1. The number of nitrogens with zero attached hydrogens (tertiary/aromatic N) is 1. The Morgan fingerprint density at radius 1 is 1.33 bits per heavy atom. The average molecular weight is 247 g/mol. The van der Waals surface area contributed by atoms with Crippen molar-refractivity contribution in [3.8, 4) is 0 Å². The molecule has 1 fully saturated rings. The summed E-state index contributed by atoms with van der Waals surface area (Å²) in [5, 5.41) is 9.09. The van der Waals surface area contributed by atoms with E-state index in [9.17, 15) is 4.79 Å². The van der Waals surface area contributed by atoms with E-state index in [-0.39, 0.29) is 11.5 Å². The first-order valence-electron chi connectivity index (χ1n) is 5.96. The van der Waals surface area contributed by atoms with Gasteiger partial charge in [0.25, 0.3) is 0 Å². The lowest BCUT2D eigenvalue weighted by atomic mass is 10.0. The number of hydrogen-bond donors (Lipinski definition) is 1. The lowest BCUT2D eigenvalue weighted by Gasteiger charge is -2.18. The summed E-state index contributed by atoms with van der Waals surface area (Å²) >= 11 is 0. The number of carboxylic acids is 1. The van der Waals surface area contributed by atoms with Gasteiger partial charge in [-0.25, -0.2) is 9.78 Å². The molecule has 2 heterocycles. The molecule has 3 rings (SSSR count). The molecule has 0 aliphatic carbocycles. The maximum absolute atomic E-state index is 11.1. The van der Waals surface area contributed by atoms with E-state index >= 15 is 0 Å². The number of benzene rings is 1. The fraction of sp³-hybridized carbons (Fsp3) is 0.385. The minimum absolute atomic E-state index is 0.165. The molecule has 0 saturated carbocycles. The topological polar surface area (TPSA) is 72.6 Å². The predicted molar refractivity (Wildman–Crippen MR) is 63.8 cm³/mol. The highest BCUT2D eigenvalue weighted by Crippen LogP contribution is 2.30. The third-order valence-corrected chi connectivity index (χ3v) is 3.23. The maximum Gasteiger partial charge on any atom is 0.339 e. The minimum Gasteiger partial charge on any atom is -0.478 e. The van der Waals surface area contributed by atoms with Crippen molar-refractivity contribution >= 4 is 17.1 Å². The van der Waals surface area contributed by atoms with Crippen molar-refractivity contribution in [3.05, 3.63) is 29.7 Å². The molecule has 1 aromatic carbocycles. The van der Waals surface area contributed by atoms with Gasteiger partial charge < -0.3 is 14.3 Å². The minimum atomic E-state index is -0.990. The van der Waals surface area contributed by atoms with Crippen LogP contribution in [0.4, 0.5) is 0 Å². The number of fused-ring (bicyclic) bond motifs is 1. The van der Waals surface area contributed by atoms with Crippen LogP contribution in [0.2, 0.25) is 0 Å². The van der Waals surface area contributed by atoms with Crippen molar-refractivity contribution in [1.29, 1.82) is 0 Å². The molecule has 0 bridgehead atoms. The van der Waals surface area contributed by atoms with Crippen LogP contribution in [0.5, 0.6) is 0 Å². The molecule has 5 heteroatoms. The van der Waals surface area contributed by atoms with Crippen molar-refractivity contribution in [2.24, 2.45) is 0 Å². The first-order chi connectivity index (χ1) is 8.75. The number of carboxylic acid groups (broad SMARTS) is 1. The van der Waals surface area contributed by atoms with Gasteiger partial charge in [0.05, 0.1) is 0 Å². The second-order valence-corrected chi connectivity index (χ2v) is 4.40. The van der Waals surface area contributed by atoms with Crippen molar-refractivity contribution in [2.45, 2.75) is 18.8 Å². The standard InChI is InChI=1S/C13H13NO4/c15-13(16)9-2-1-3-10-11(9)18-12(14-10)8-4-6-17-7-5-8/h1-3,8H,4-7H2,(H,15,16). The van der Waals surface area contributed by atoms with Crippen LogP contribution in [-0.2, 0) is 4.74 Å². The molecule has 1 saturated heterocycles. The van der Waals surface area contributed by atoms with Crippen molar-refractivity contribution < 1.29 is 19.1 Å². The van der Waals surface area contributed by atoms with E-state index in [0.717, 1.165) is 12.8 Å². The Labute approximate surface area is 103 Å². The van der Waals surface area contributed by atoms with E-state index < -0.39 is 5.97 Å². The van der Waals surface area contributed by atoms with E-state index in [4.69, 9.17) is 14.3 Å². The molecule has 0 radical (unpaired) electrons. The van der Waals surface area contributed by atoms with Crippen molar-refractivity contribution in [1.82, 2.24) is 4.98 Å². The van der Waals surface area contributed by atoms with Gasteiger partial charge in [-0.15, -0.1) is 0 Å². The summed E-state index contributed by atoms with van der Waals surface area (Å²) in [5.41, 5.74) is 1.14. The third kappa shape index (κ3) is 1.86. The summed E-state index contributed by atoms with van der Waals surface area (Å²) < 4.78 is 10.9. The molecule has 1 N–H and O–H groups in total. The highest BCUT2D eigenvalue weighted by Gasteiger charge is 2.23. The zero-order valence-electron chi connectivity index (χ0n) is 9.76. The molecule has 0 atom stereocenters. The Morgan fingerprint density at radius 2 is 2.11 bits per heavy atom. The quantitative estimate of drug-likeness (QED) is 0.882. The number of hydrogen-bond acceptors (Lipinski definition) is 4. The van der Waals surface area contributed by atoms with E-state index in [1.807, 2.05) is 0 Å². The fourth-order valence-electron chi connectivity index (χ4n) is 2.25. The van der Waals surface area contributed by atoms with Gasteiger partial charge in [0.15, 0.2) is 11.5 Å². The molecule has 1 aromatic heterocycles. The number of oxazole rings is 1. The lowest BCUT2D eigenvalue weighted by Crippen LogP contribution is -2.14. The van der Waals surface area contributed by atoms with E-state index in [0.29, 0.717) is 30.2 Å². The Kier molecular flexibility index (Phi) is 2.76. The first-order valence-corrected chi connectivity index (χ1v) is 5.96. The molecular formula is C13H13NO4. The maximum atomic E-state index is 11.1. The Balaban J connectivity index is 2.04. The first kappa shape index (κ1) is 11.2. The van der Waals surface area contributed by atoms with Gasteiger partial charge in [0.2, 0.25) is 0 Å². The number of aromatic nitrogens is 1. The third-order valence-electron chi connectivity index (χ3n) is 3.23. The van der Waals surface area contributed by atoms with Crippen LogP contribution in [0.3, 0.4) is 0 Å². The van der Waals surface area contributed by atoms with Gasteiger partial charge >= 0.3 is 5.97 Å². The summed E-state index contributed by atoms with van der Waals surface area (Å²) in [5.74, 6) is -0.134. The second kappa shape index (κ2) is 4.42. The highest BCUT2D eigenvalue weighted by molar-refractivity contribution is 5.99. The summed E-state index contributed by atoms with van der Waals surface area (Å²) in [4.78, 5) is 15.5. The van der Waals surface area contributed by atoms with Gasteiger partial charge in [-0.05, 0) is 25.0 Å². The summed E-state index contributed by atoms with van der Waals surface area (Å²) in [7, 11) is 0. The Morgan fingerprint density at radius 3 is 2.83 bits per heavy atom. The molecule has 5 nitrogen and oxygen atoms in total. The average Bonchev–Trinajstić information content (AvgIpc) is 2.83. The second-order valence-electron chi connectivity index (χ2n) is 4.40. The monoisotopic (exact) mass is 247 g/mol. The summed E-state index contributed by atoms with van der Waals surface area (Å²) in [6, 6.07) is 4.99. The normalized spacial score (nSPS) is 17.1. The van der Waals surface area contributed by atoms with Crippen molar-refractivity contribution in [2.75, 3.05) is 13.2 Å². The van der Waals surface area contributed by atoms with Crippen LogP contribution in [0.25, 0.3) is 11.1 Å². The molecule has 0 amide bonds. The van der Waals surface area contributed by atoms with Crippen LogP contribution in [-0.4, -0.2) is 29.3 Å². The van der Waals surface area contributed by atoms with Crippen molar-refractivity contribution in [3.63, 3.8) is 0 Å². The van der Waals surface area contributed by atoms with E-state index in [1.54, 1.807) is 12.1 Å². The van der Waals surface area contributed by atoms with Crippen LogP contribution in [0.15, 0.2) is 22.6 Å². The Hall–Kier alpha value is -1.88. The SMILES string of the molecule is O=C(O)c1cccc2nc(C3CCOCC3)oc12. The molecule has 1 aliphatic heterocycles. The van der Waals surface area contributed by atoms with Crippen LogP contribution in [0, 0.1) is 0 Å². The summed E-state index contributed by atoms with van der Waals surface area (Å²) in [6.45, 7) is 1.41.